The average molecular weight is 611 g/mol. The second-order valence-electron chi connectivity index (χ2n) is 11.6. The van der Waals surface area contributed by atoms with E-state index in [4.69, 9.17) is 18.9 Å². The minimum Gasteiger partial charge on any atom is -0.444 e. The largest absolute Gasteiger partial charge is 0.444 e. The van der Waals surface area contributed by atoms with Crippen molar-refractivity contribution in [2.45, 2.75) is 78.9 Å². The number of rotatable bonds is 10. The zero-order valence-corrected chi connectivity index (χ0v) is 26.1. The first-order valence-corrected chi connectivity index (χ1v) is 14.0. The molecule has 4 N–H and O–H groups in total. The minimum absolute atomic E-state index is 0.180. The van der Waals surface area contributed by atoms with Gasteiger partial charge in [-0.1, -0.05) is 60.4 Å². The van der Waals surface area contributed by atoms with Crippen molar-refractivity contribution in [3.05, 3.63) is 70.8 Å². The number of nitrogens with one attached hydrogen (secondary N) is 4. The van der Waals surface area contributed by atoms with Crippen molar-refractivity contribution in [2.75, 3.05) is 13.2 Å². The monoisotopic (exact) mass is 610 g/mol. The van der Waals surface area contributed by atoms with Gasteiger partial charge in [0.15, 0.2) is 13.2 Å². The first kappa shape index (κ1) is 35.3. The van der Waals surface area contributed by atoms with E-state index < -0.39 is 35.6 Å². The van der Waals surface area contributed by atoms with Gasteiger partial charge in [-0.05, 0) is 63.8 Å². The predicted molar refractivity (Wildman–Crippen MR) is 163 cm³/mol. The van der Waals surface area contributed by atoms with Gasteiger partial charge in [-0.3, -0.25) is 0 Å². The molecule has 0 saturated heterocycles. The van der Waals surface area contributed by atoms with E-state index in [9.17, 15) is 19.2 Å². The van der Waals surface area contributed by atoms with Gasteiger partial charge < -0.3 is 40.2 Å². The Kier molecular flexibility index (Phi) is 13.8. The lowest BCUT2D eigenvalue weighted by molar-refractivity contribution is 0.0512. The minimum atomic E-state index is -0.654. The Morgan fingerprint density at radius 2 is 0.841 bits per heavy atom. The maximum Gasteiger partial charge on any atom is 0.408 e. The fourth-order valence-electron chi connectivity index (χ4n) is 3.43. The van der Waals surface area contributed by atoms with Crippen molar-refractivity contribution in [1.29, 1.82) is 0 Å². The molecule has 0 aliphatic rings. The van der Waals surface area contributed by atoms with Gasteiger partial charge in [0.05, 0.1) is 0 Å². The number of benzene rings is 2. The van der Waals surface area contributed by atoms with Crippen molar-refractivity contribution in [1.82, 2.24) is 21.3 Å². The summed E-state index contributed by atoms with van der Waals surface area (Å²) in [6, 6.07) is 14.7. The van der Waals surface area contributed by atoms with Crippen LogP contribution in [0.2, 0.25) is 0 Å². The highest BCUT2D eigenvalue weighted by molar-refractivity contribution is 5.69. The maximum absolute atomic E-state index is 12.0. The SMILES string of the molecule is CC(C)(C)OC(=O)NCc1cccc(CNC(=O)OCC#CCOC(=O)NCc2cccc(CNC(=O)OC(C)(C)C)c2)c1. The first-order valence-electron chi connectivity index (χ1n) is 14.0. The molecule has 0 aliphatic carbocycles. The Labute approximate surface area is 258 Å². The van der Waals surface area contributed by atoms with Crippen LogP contribution in [0.1, 0.15) is 63.8 Å². The van der Waals surface area contributed by atoms with Crippen LogP contribution in [0.3, 0.4) is 0 Å². The molecule has 0 spiro atoms. The third-order valence-corrected chi connectivity index (χ3v) is 5.20. The molecule has 12 nitrogen and oxygen atoms in total. The van der Waals surface area contributed by atoms with Crippen LogP contribution in [-0.4, -0.2) is 48.8 Å². The lowest BCUT2D eigenvalue weighted by atomic mass is 10.1. The van der Waals surface area contributed by atoms with Crippen molar-refractivity contribution >= 4 is 24.4 Å². The molecule has 44 heavy (non-hydrogen) atoms. The van der Waals surface area contributed by atoms with Crippen LogP contribution in [0, 0.1) is 11.8 Å². The van der Waals surface area contributed by atoms with E-state index in [0.29, 0.717) is 0 Å². The summed E-state index contributed by atoms with van der Waals surface area (Å²) in [6.07, 6.45) is -2.33. The third-order valence-electron chi connectivity index (χ3n) is 5.20. The molecule has 2 rings (SSSR count). The smallest absolute Gasteiger partial charge is 0.408 e. The molecule has 0 bridgehead atoms. The second kappa shape index (κ2) is 17.3. The zero-order valence-electron chi connectivity index (χ0n) is 26.1. The van der Waals surface area contributed by atoms with E-state index in [1.54, 1.807) is 41.5 Å². The molecule has 4 amide bonds. The number of hydrogen-bond acceptors (Lipinski definition) is 8. The van der Waals surface area contributed by atoms with Crippen LogP contribution in [-0.2, 0) is 45.1 Å². The first-order chi connectivity index (χ1) is 20.7. The van der Waals surface area contributed by atoms with Gasteiger partial charge in [-0.25, -0.2) is 19.2 Å². The fourth-order valence-corrected chi connectivity index (χ4v) is 3.43. The van der Waals surface area contributed by atoms with Gasteiger partial charge in [-0.15, -0.1) is 0 Å². The number of carbonyl (C=O) groups excluding carboxylic acids is 4. The Balaban J connectivity index is 1.62. The van der Waals surface area contributed by atoms with Crippen LogP contribution < -0.4 is 21.3 Å². The van der Waals surface area contributed by atoms with E-state index >= 15 is 0 Å². The molecule has 2 aromatic rings. The van der Waals surface area contributed by atoms with Crippen molar-refractivity contribution < 1.29 is 38.1 Å². The lowest BCUT2D eigenvalue weighted by Gasteiger charge is -2.19. The normalized spacial score (nSPS) is 10.8. The van der Waals surface area contributed by atoms with Gasteiger partial charge in [0, 0.05) is 26.2 Å². The van der Waals surface area contributed by atoms with E-state index in [1.807, 2.05) is 48.5 Å². The van der Waals surface area contributed by atoms with E-state index in [1.165, 1.54) is 0 Å². The van der Waals surface area contributed by atoms with Crippen molar-refractivity contribution in [3.8, 4) is 11.8 Å². The molecule has 0 aliphatic heterocycles. The molecular weight excluding hydrogens is 568 g/mol. The van der Waals surface area contributed by atoms with E-state index in [0.717, 1.165) is 22.3 Å². The Hall–Kier alpha value is -4.92. The summed E-state index contributed by atoms with van der Waals surface area (Å²) in [6.45, 7) is 11.4. The highest BCUT2D eigenvalue weighted by atomic mass is 16.6. The summed E-state index contributed by atoms with van der Waals surface area (Å²) in [5.41, 5.74) is 2.17. The molecule has 12 heteroatoms. The number of alkyl carbamates (subject to hydrolysis) is 4. The van der Waals surface area contributed by atoms with Crippen LogP contribution >= 0.6 is 0 Å². The standard InChI is InChI=1S/C32H42N4O8/c1-31(2,3)43-29(39)35-21-25-13-9-11-23(17-25)19-33-27(37)41-15-7-8-16-42-28(38)34-20-24-12-10-14-26(18-24)22-36-30(40)44-32(4,5)6/h9-14,17-18H,15-16,19-22H2,1-6H3,(H,33,37)(H,34,38)(H,35,39)(H,36,40). The Bertz CT molecular complexity index is 1240. The predicted octanol–water partition coefficient (Wildman–Crippen LogP) is 4.89. The number of carbonyl (C=O) groups is 4. The molecular formula is C32H42N4O8. The lowest BCUT2D eigenvalue weighted by Crippen LogP contribution is -2.32. The van der Waals surface area contributed by atoms with Crippen LogP contribution in [0.4, 0.5) is 19.2 Å². The topological polar surface area (TPSA) is 153 Å². The zero-order chi connectivity index (χ0) is 32.6. The summed E-state index contributed by atoms with van der Waals surface area (Å²) in [5.74, 6) is 5.21. The molecule has 0 fully saturated rings. The van der Waals surface area contributed by atoms with Crippen LogP contribution in [0.15, 0.2) is 48.5 Å². The van der Waals surface area contributed by atoms with Gasteiger partial charge >= 0.3 is 24.4 Å². The Morgan fingerprint density at radius 1 is 0.545 bits per heavy atom. The highest BCUT2D eigenvalue weighted by Crippen LogP contribution is 2.10. The van der Waals surface area contributed by atoms with Gasteiger partial charge in [-0.2, -0.15) is 0 Å². The molecule has 0 aromatic heterocycles. The molecule has 238 valence electrons. The molecule has 0 unspecified atom stereocenters. The number of hydrogen-bond donors (Lipinski definition) is 4. The summed E-state index contributed by atoms with van der Waals surface area (Å²) in [5, 5.41) is 10.6. The number of amides is 4. The van der Waals surface area contributed by atoms with Crippen LogP contribution in [0.5, 0.6) is 0 Å². The molecule has 0 heterocycles. The quantitative estimate of drug-likeness (QED) is 0.219. The van der Waals surface area contributed by atoms with Gasteiger partial charge in [0.2, 0.25) is 0 Å². The summed E-state index contributed by atoms with van der Waals surface area (Å²) in [4.78, 5) is 47.6. The Morgan fingerprint density at radius 3 is 1.14 bits per heavy atom. The van der Waals surface area contributed by atoms with E-state index in [-0.39, 0.29) is 39.4 Å². The maximum atomic E-state index is 12.0. The average Bonchev–Trinajstić information content (AvgIpc) is 2.93. The van der Waals surface area contributed by atoms with E-state index in [2.05, 4.69) is 33.1 Å². The third kappa shape index (κ3) is 16.5. The molecule has 0 radical (unpaired) electrons. The fraction of sp³-hybridized carbons (Fsp3) is 0.438. The van der Waals surface area contributed by atoms with Gasteiger partial charge in [0.1, 0.15) is 11.2 Å². The summed E-state index contributed by atoms with van der Waals surface area (Å²) in [7, 11) is 0. The summed E-state index contributed by atoms with van der Waals surface area (Å²) >= 11 is 0. The molecule has 2 aromatic carbocycles. The molecule has 0 atom stereocenters. The van der Waals surface area contributed by atoms with Crippen molar-refractivity contribution in [3.63, 3.8) is 0 Å². The number of ether oxygens (including phenoxy) is 4. The second-order valence-corrected chi connectivity index (χ2v) is 11.6. The van der Waals surface area contributed by atoms with Crippen LogP contribution in [0.25, 0.3) is 0 Å². The molecule has 0 saturated carbocycles. The summed E-state index contributed by atoms with van der Waals surface area (Å²) < 4.78 is 20.5. The van der Waals surface area contributed by atoms with Gasteiger partial charge in [0.25, 0.3) is 0 Å². The highest BCUT2D eigenvalue weighted by Gasteiger charge is 2.16. The van der Waals surface area contributed by atoms with Crippen molar-refractivity contribution in [2.24, 2.45) is 0 Å².